The molecule has 1 saturated heterocycles. The molecular formula is C15H21N3O2. The molecule has 0 unspecified atom stereocenters. The topological polar surface area (TPSA) is 75.4 Å². The van der Waals surface area contributed by atoms with Crippen LogP contribution >= 0.6 is 0 Å². The maximum Gasteiger partial charge on any atom is 0.255 e. The third kappa shape index (κ3) is 3.36. The molecule has 20 heavy (non-hydrogen) atoms. The number of anilines is 1. The summed E-state index contributed by atoms with van der Waals surface area (Å²) in [6.07, 6.45) is 3.26. The van der Waals surface area contributed by atoms with E-state index in [1.54, 1.807) is 31.2 Å². The van der Waals surface area contributed by atoms with E-state index in [4.69, 9.17) is 5.73 Å². The van der Waals surface area contributed by atoms with Crippen LogP contribution in [-0.4, -0.2) is 35.8 Å². The number of para-hydroxylation sites is 1. The first-order chi connectivity index (χ1) is 9.59. The third-order valence-electron chi connectivity index (χ3n) is 3.47. The molecule has 2 amide bonds. The van der Waals surface area contributed by atoms with Crippen molar-refractivity contribution < 1.29 is 9.59 Å². The molecule has 1 aliphatic rings. The van der Waals surface area contributed by atoms with Gasteiger partial charge >= 0.3 is 0 Å². The number of likely N-dealkylation sites (tertiary alicyclic amines) is 1. The number of nitrogens with zero attached hydrogens (tertiary/aromatic N) is 1. The molecule has 5 heteroatoms. The van der Waals surface area contributed by atoms with E-state index in [9.17, 15) is 9.59 Å². The second kappa shape index (κ2) is 6.52. The van der Waals surface area contributed by atoms with Crippen molar-refractivity contribution in [3.63, 3.8) is 0 Å². The lowest BCUT2D eigenvalue weighted by molar-refractivity contribution is -0.117. The summed E-state index contributed by atoms with van der Waals surface area (Å²) in [6, 6.07) is 6.47. The van der Waals surface area contributed by atoms with Gasteiger partial charge in [0, 0.05) is 13.1 Å². The lowest BCUT2D eigenvalue weighted by Crippen LogP contribution is -2.37. The fraction of sp³-hybridized carbons (Fsp3) is 0.467. The summed E-state index contributed by atoms with van der Waals surface area (Å²) in [4.78, 5) is 26.1. The Morgan fingerprint density at radius 3 is 2.50 bits per heavy atom. The Bertz CT molecular complexity index is 494. The first-order valence-corrected chi connectivity index (χ1v) is 7.04. The summed E-state index contributed by atoms with van der Waals surface area (Å²) in [7, 11) is 0. The molecule has 0 saturated carbocycles. The lowest BCUT2D eigenvalue weighted by Gasteiger charge is -2.27. The van der Waals surface area contributed by atoms with Crippen molar-refractivity contribution in [3.8, 4) is 0 Å². The Balaban J connectivity index is 2.18. The fourth-order valence-electron chi connectivity index (χ4n) is 2.29. The van der Waals surface area contributed by atoms with Crippen LogP contribution < -0.4 is 11.1 Å². The van der Waals surface area contributed by atoms with E-state index in [1.165, 1.54) is 6.42 Å². The summed E-state index contributed by atoms with van der Waals surface area (Å²) in [6.45, 7) is 3.19. The number of hydrogen-bond acceptors (Lipinski definition) is 3. The predicted molar refractivity (Wildman–Crippen MR) is 78.5 cm³/mol. The van der Waals surface area contributed by atoms with Gasteiger partial charge in [0.1, 0.15) is 0 Å². The number of piperidine rings is 1. The third-order valence-corrected chi connectivity index (χ3v) is 3.47. The molecule has 0 spiro atoms. The van der Waals surface area contributed by atoms with Crippen LogP contribution in [0.2, 0.25) is 0 Å². The number of hydrogen-bond donors (Lipinski definition) is 2. The molecule has 1 atom stereocenters. The number of amides is 2. The largest absolute Gasteiger partial charge is 0.339 e. The van der Waals surface area contributed by atoms with Crippen LogP contribution in [0.15, 0.2) is 24.3 Å². The maximum atomic E-state index is 12.5. The number of benzene rings is 1. The van der Waals surface area contributed by atoms with E-state index in [0.29, 0.717) is 11.3 Å². The Morgan fingerprint density at radius 1 is 1.20 bits per heavy atom. The van der Waals surface area contributed by atoms with E-state index in [2.05, 4.69) is 5.32 Å². The van der Waals surface area contributed by atoms with Crippen molar-refractivity contribution in [2.75, 3.05) is 18.4 Å². The molecular weight excluding hydrogens is 254 g/mol. The first kappa shape index (κ1) is 14.5. The standard InChI is InChI=1S/C15H21N3O2/c1-11(16)14(19)17-13-8-4-3-7-12(13)15(20)18-9-5-2-6-10-18/h3-4,7-8,11H,2,5-6,9-10,16H2,1H3,(H,17,19)/t11-/m0/s1. The van der Waals surface area contributed by atoms with E-state index < -0.39 is 6.04 Å². The lowest BCUT2D eigenvalue weighted by atomic mass is 10.1. The summed E-state index contributed by atoms with van der Waals surface area (Å²) in [5.41, 5.74) is 6.61. The highest BCUT2D eigenvalue weighted by Crippen LogP contribution is 2.20. The number of rotatable bonds is 3. The summed E-state index contributed by atoms with van der Waals surface area (Å²) in [5.74, 6) is -0.311. The van der Waals surface area contributed by atoms with Crippen LogP contribution in [0.3, 0.4) is 0 Å². The van der Waals surface area contributed by atoms with Gasteiger partial charge in [0.15, 0.2) is 0 Å². The molecule has 0 radical (unpaired) electrons. The van der Waals surface area contributed by atoms with Gasteiger partial charge in [-0.1, -0.05) is 12.1 Å². The van der Waals surface area contributed by atoms with Crippen molar-refractivity contribution in [2.24, 2.45) is 5.73 Å². The van der Waals surface area contributed by atoms with Gasteiger partial charge in [0.05, 0.1) is 17.3 Å². The van der Waals surface area contributed by atoms with Crippen LogP contribution in [0.1, 0.15) is 36.5 Å². The van der Waals surface area contributed by atoms with Gasteiger partial charge in [0.2, 0.25) is 5.91 Å². The number of carbonyl (C=O) groups excluding carboxylic acids is 2. The monoisotopic (exact) mass is 275 g/mol. The number of carbonyl (C=O) groups is 2. The minimum Gasteiger partial charge on any atom is -0.339 e. The molecule has 1 fully saturated rings. The average molecular weight is 275 g/mol. The Kier molecular flexibility index (Phi) is 4.74. The number of nitrogens with one attached hydrogen (secondary N) is 1. The average Bonchev–Trinajstić information content (AvgIpc) is 2.48. The summed E-state index contributed by atoms with van der Waals surface area (Å²) in [5, 5.41) is 2.72. The van der Waals surface area contributed by atoms with Gasteiger partial charge in [-0.05, 0) is 38.3 Å². The first-order valence-electron chi connectivity index (χ1n) is 7.04. The highest BCUT2D eigenvalue weighted by Gasteiger charge is 2.21. The Hall–Kier alpha value is -1.88. The second-order valence-corrected chi connectivity index (χ2v) is 5.18. The zero-order valence-electron chi connectivity index (χ0n) is 11.8. The van der Waals surface area contributed by atoms with Crippen LogP contribution in [-0.2, 0) is 4.79 Å². The van der Waals surface area contributed by atoms with Gasteiger partial charge in [-0.15, -0.1) is 0 Å². The van der Waals surface area contributed by atoms with E-state index in [1.807, 2.05) is 4.90 Å². The summed E-state index contributed by atoms with van der Waals surface area (Å²) < 4.78 is 0. The molecule has 0 aromatic heterocycles. The van der Waals surface area contributed by atoms with E-state index >= 15 is 0 Å². The van der Waals surface area contributed by atoms with Crippen molar-refractivity contribution in [1.29, 1.82) is 0 Å². The molecule has 1 aliphatic heterocycles. The van der Waals surface area contributed by atoms with Gasteiger partial charge in [0.25, 0.3) is 5.91 Å². The molecule has 1 aromatic carbocycles. The van der Waals surface area contributed by atoms with Gasteiger partial charge in [-0.3, -0.25) is 9.59 Å². The minimum absolute atomic E-state index is 0.0229. The number of nitrogens with two attached hydrogens (primary N) is 1. The van der Waals surface area contributed by atoms with Crippen molar-refractivity contribution in [3.05, 3.63) is 29.8 Å². The minimum atomic E-state index is -0.604. The van der Waals surface area contributed by atoms with Crippen LogP contribution in [0.25, 0.3) is 0 Å². The molecule has 1 heterocycles. The summed E-state index contributed by atoms with van der Waals surface area (Å²) >= 11 is 0. The molecule has 3 N–H and O–H groups in total. The Morgan fingerprint density at radius 2 is 1.85 bits per heavy atom. The predicted octanol–water partition coefficient (Wildman–Crippen LogP) is 1.60. The Labute approximate surface area is 119 Å². The van der Waals surface area contributed by atoms with Crippen LogP contribution in [0.4, 0.5) is 5.69 Å². The molecule has 0 aliphatic carbocycles. The quantitative estimate of drug-likeness (QED) is 0.879. The van der Waals surface area contributed by atoms with Crippen molar-refractivity contribution in [1.82, 2.24) is 4.90 Å². The molecule has 1 aromatic rings. The zero-order valence-corrected chi connectivity index (χ0v) is 11.8. The van der Waals surface area contributed by atoms with E-state index in [0.717, 1.165) is 25.9 Å². The smallest absolute Gasteiger partial charge is 0.255 e. The van der Waals surface area contributed by atoms with Gasteiger partial charge in [-0.2, -0.15) is 0 Å². The van der Waals surface area contributed by atoms with Crippen molar-refractivity contribution in [2.45, 2.75) is 32.2 Å². The molecule has 5 nitrogen and oxygen atoms in total. The highest BCUT2D eigenvalue weighted by molar-refractivity contribution is 6.04. The normalized spacial score (nSPS) is 16.6. The molecule has 2 rings (SSSR count). The zero-order chi connectivity index (χ0) is 14.5. The maximum absolute atomic E-state index is 12.5. The molecule has 0 bridgehead atoms. The SMILES string of the molecule is C[C@H](N)C(=O)Nc1ccccc1C(=O)N1CCCCC1. The van der Waals surface area contributed by atoms with Gasteiger partial charge < -0.3 is 16.0 Å². The van der Waals surface area contributed by atoms with Crippen LogP contribution in [0.5, 0.6) is 0 Å². The highest BCUT2D eigenvalue weighted by atomic mass is 16.2. The second-order valence-electron chi connectivity index (χ2n) is 5.18. The molecule has 108 valence electrons. The van der Waals surface area contributed by atoms with E-state index in [-0.39, 0.29) is 11.8 Å². The van der Waals surface area contributed by atoms with Crippen molar-refractivity contribution >= 4 is 17.5 Å². The fourth-order valence-corrected chi connectivity index (χ4v) is 2.29. The van der Waals surface area contributed by atoms with Gasteiger partial charge in [-0.25, -0.2) is 0 Å². The van der Waals surface area contributed by atoms with Crippen LogP contribution in [0, 0.1) is 0 Å².